The molecule has 40 heavy (non-hydrogen) atoms. The largest absolute Gasteiger partial charge is 0.352 e. The van der Waals surface area contributed by atoms with Crippen LogP contribution in [0.5, 0.6) is 0 Å². The first-order chi connectivity index (χ1) is 18.7. The van der Waals surface area contributed by atoms with E-state index in [1.807, 2.05) is 27.7 Å². The van der Waals surface area contributed by atoms with E-state index in [9.17, 15) is 18.0 Å². The number of anilines is 1. The van der Waals surface area contributed by atoms with Crippen LogP contribution in [0.4, 0.5) is 5.69 Å². The summed E-state index contributed by atoms with van der Waals surface area (Å²) in [5, 5.41) is 3.94. The summed E-state index contributed by atoms with van der Waals surface area (Å²) in [6.45, 7) is 8.39. The van der Waals surface area contributed by atoms with Crippen molar-refractivity contribution >= 4 is 62.3 Å². The fourth-order valence-corrected chi connectivity index (χ4v) is 5.96. The minimum absolute atomic E-state index is 0.0270. The van der Waals surface area contributed by atoms with Gasteiger partial charge >= 0.3 is 0 Å². The molecule has 0 aliphatic carbocycles. The number of halogens is 3. The topological polar surface area (TPSA) is 86.8 Å². The summed E-state index contributed by atoms with van der Waals surface area (Å²) in [5.41, 5.74) is 2.70. The van der Waals surface area contributed by atoms with Gasteiger partial charge in [0.1, 0.15) is 12.6 Å². The van der Waals surface area contributed by atoms with Crippen LogP contribution in [-0.4, -0.2) is 43.8 Å². The van der Waals surface area contributed by atoms with E-state index in [0.717, 1.165) is 15.4 Å². The zero-order valence-corrected chi connectivity index (χ0v) is 26.0. The number of rotatable bonds is 10. The Morgan fingerprint density at radius 3 is 2.05 bits per heavy atom. The maximum Gasteiger partial charge on any atom is 0.264 e. The Kier molecular flexibility index (Phi) is 10.5. The van der Waals surface area contributed by atoms with Gasteiger partial charge in [0.2, 0.25) is 11.8 Å². The van der Waals surface area contributed by atoms with Crippen LogP contribution in [0.25, 0.3) is 0 Å². The van der Waals surface area contributed by atoms with Crippen LogP contribution in [0, 0.1) is 13.8 Å². The molecule has 0 radical (unpaired) electrons. The Bertz CT molecular complexity index is 1490. The van der Waals surface area contributed by atoms with Gasteiger partial charge in [0, 0.05) is 27.7 Å². The van der Waals surface area contributed by atoms with Gasteiger partial charge in [-0.25, -0.2) is 8.42 Å². The standard InChI is InChI=1S/C29H32Cl3N3O4S/c1-18(2)33-29(37)21(5)34(16-22-7-8-24(31)15-27(22)32)28(36)17-35(25-11-6-19(3)20(4)14-25)40(38,39)26-12-9-23(30)10-13-26/h6-15,18,21H,16-17H2,1-5H3,(H,33,37)/t21-/m1/s1. The molecule has 3 rings (SSSR count). The first-order valence-electron chi connectivity index (χ1n) is 12.6. The molecule has 7 nitrogen and oxygen atoms in total. The van der Waals surface area contributed by atoms with Crippen LogP contribution in [0.1, 0.15) is 37.5 Å². The van der Waals surface area contributed by atoms with Crippen LogP contribution >= 0.6 is 34.8 Å². The molecule has 0 saturated heterocycles. The number of hydrogen-bond acceptors (Lipinski definition) is 4. The number of hydrogen-bond donors (Lipinski definition) is 1. The molecule has 1 N–H and O–H groups in total. The number of sulfonamides is 1. The summed E-state index contributed by atoms with van der Waals surface area (Å²) in [4.78, 5) is 28.3. The molecule has 11 heteroatoms. The molecule has 0 unspecified atom stereocenters. The number of nitrogens with one attached hydrogen (secondary N) is 1. The first-order valence-corrected chi connectivity index (χ1v) is 15.2. The van der Waals surface area contributed by atoms with Crippen molar-refractivity contribution in [2.24, 2.45) is 0 Å². The molecule has 2 amide bonds. The van der Waals surface area contributed by atoms with E-state index in [1.54, 1.807) is 43.3 Å². The second-order valence-electron chi connectivity index (χ2n) is 9.83. The number of carbonyl (C=O) groups is 2. The van der Waals surface area contributed by atoms with Crippen molar-refractivity contribution in [2.45, 2.75) is 58.1 Å². The fraction of sp³-hybridized carbons (Fsp3) is 0.310. The predicted octanol–water partition coefficient (Wildman–Crippen LogP) is 6.40. The van der Waals surface area contributed by atoms with Gasteiger partial charge in [0.15, 0.2) is 0 Å². The van der Waals surface area contributed by atoms with Gasteiger partial charge < -0.3 is 10.2 Å². The van der Waals surface area contributed by atoms with Crippen LogP contribution in [0.2, 0.25) is 15.1 Å². The van der Waals surface area contributed by atoms with Gasteiger partial charge in [0.25, 0.3) is 10.0 Å². The predicted molar refractivity (Wildman–Crippen MR) is 162 cm³/mol. The van der Waals surface area contributed by atoms with Crippen molar-refractivity contribution in [3.8, 4) is 0 Å². The van der Waals surface area contributed by atoms with Gasteiger partial charge in [-0.3, -0.25) is 13.9 Å². The molecular weight excluding hydrogens is 593 g/mol. The lowest BCUT2D eigenvalue weighted by Crippen LogP contribution is -2.52. The second-order valence-corrected chi connectivity index (χ2v) is 13.0. The quantitative estimate of drug-likeness (QED) is 0.283. The smallest absolute Gasteiger partial charge is 0.264 e. The molecule has 0 bridgehead atoms. The average molecular weight is 625 g/mol. The van der Waals surface area contributed by atoms with Crippen LogP contribution in [0.3, 0.4) is 0 Å². The summed E-state index contributed by atoms with van der Waals surface area (Å²) in [6.07, 6.45) is 0. The first kappa shape index (κ1) is 31.7. The minimum atomic E-state index is -4.20. The van der Waals surface area contributed by atoms with Gasteiger partial charge in [-0.2, -0.15) is 0 Å². The monoisotopic (exact) mass is 623 g/mol. The highest BCUT2D eigenvalue weighted by atomic mass is 35.5. The number of carbonyl (C=O) groups excluding carboxylic acids is 2. The summed E-state index contributed by atoms with van der Waals surface area (Å²) < 4.78 is 28.8. The van der Waals surface area contributed by atoms with E-state index in [4.69, 9.17) is 34.8 Å². The van der Waals surface area contributed by atoms with Crippen molar-refractivity contribution in [1.29, 1.82) is 0 Å². The van der Waals surface area contributed by atoms with Gasteiger partial charge in [0.05, 0.1) is 10.6 Å². The van der Waals surface area contributed by atoms with Crippen LogP contribution < -0.4 is 9.62 Å². The van der Waals surface area contributed by atoms with E-state index < -0.39 is 28.5 Å². The van der Waals surface area contributed by atoms with Gasteiger partial charge in [-0.05, 0) is 99.8 Å². The SMILES string of the molecule is Cc1ccc(N(CC(=O)N(Cc2ccc(Cl)cc2Cl)[C@H](C)C(=O)NC(C)C)S(=O)(=O)c2ccc(Cl)cc2)cc1C. The molecule has 0 aliphatic heterocycles. The average Bonchev–Trinajstić information content (AvgIpc) is 2.87. The van der Waals surface area contributed by atoms with E-state index in [-0.39, 0.29) is 23.4 Å². The lowest BCUT2D eigenvalue weighted by molar-refractivity contribution is -0.139. The maximum atomic E-state index is 14.0. The highest BCUT2D eigenvalue weighted by Crippen LogP contribution is 2.28. The summed E-state index contributed by atoms with van der Waals surface area (Å²) in [6, 6.07) is 14.6. The lowest BCUT2D eigenvalue weighted by atomic mass is 10.1. The summed E-state index contributed by atoms with van der Waals surface area (Å²) >= 11 is 18.5. The normalized spacial score (nSPS) is 12.2. The Labute approximate surface area is 251 Å². The maximum absolute atomic E-state index is 14.0. The number of aryl methyl sites for hydroxylation is 2. The Hall–Kier alpha value is -2.78. The number of benzene rings is 3. The lowest BCUT2D eigenvalue weighted by Gasteiger charge is -2.32. The third kappa shape index (κ3) is 7.69. The van der Waals surface area contributed by atoms with Crippen molar-refractivity contribution in [3.05, 3.63) is 92.4 Å². The summed E-state index contributed by atoms with van der Waals surface area (Å²) in [7, 11) is -4.20. The fourth-order valence-electron chi connectivity index (χ4n) is 3.96. The Morgan fingerprint density at radius 2 is 1.48 bits per heavy atom. The molecule has 3 aromatic carbocycles. The second kappa shape index (κ2) is 13.3. The van der Waals surface area contributed by atoms with E-state index in [2.05, 4.69) is 5.32 Å². The zero-order valence-electron chi connectivity index (χ0n) is 22.9. The number of nitrogens with zero attached hydrogens (tertiary/aromatic N) is 2. The summed E-state index contributed by atoms with van der Waals surface area (Å²) in [5.74, 6) is -0.972. The number of amides is 2. The molecule has 0 saturated carbocycles. The van der Waals surface area contributed by atoms with Crippen molar-refractivity contribution in [2.75, 3.05) is 10.8 Å². The molecule has 0 heterocycles. The van der Waals surface area contributed by atoms with Crippen molar-refractivity contribution < 1.29 is 18.0 Å². The van der Waals surface area contributed by atoms with E-state index >= 15 is 0 Å². The van der Waals surface area contributed by atoms with Crippen LogP contribution in [-0.2, 0) is 26.2 Å². The van der Waals surface area contributed by atoms with Crippen molar-refractivity contribution in [3.63, 3.8) is 0 Å². The van der Waals surface area contributed by atoms with Gasteiger partial charge in [-0.15, -0.1) is 0 Å². The highest BCUT2D eigenvalue weighted by Gasteiger charge is 2.33. The van der Waals surface area contributed by atoms with Crippen LogP contribution in [0.15, 0.2) is 65.6 Å². The highest BCUT2D eigenvalue weighted by molar-refractivity contribution is 7.92. The molecule has 1 atom stereocenters. The van der Waals surface area contributed by atoms with Crippen molar-refractivity contribution in [1.82, 2.24) is 10.2 Å². The molecule has 0 spiro atoms. The van der Waals surface area contributed by atoms with E-state index in [1.165, 1.54) is 29.2 Å². The molecule has 3 aromatic rings. The zero-order chi connectivity index (χ0) is 29.8. The molecule has 0 fully saturated rings. The molecular formula is C29H32Cl3N3O4S. The minimum Gasteiger partial charge on any atom is -0.352 e. The molecule has 0 aliphatic rings. The third-order valence-electron chi connectivity index (χ3n) is 6.41. The molecule has 0 aromatic heterocycles. The third-order valence-corrected chi connectivity index (χ3v) is 9.04. The Morgan fingerprint density at radius 1 is 0.850 bits per heavy atom. The Balaban J connectivity index is 2.08. The van der Waals surface area contributed by atoms with E-state index in [0.29, 0.717) is 26.3 Å². The van der Waals surface area contributed by atoms with Gasteiger partial charge in [-0.1, -0.05) is 46.9 Å². The molecule has 214 valence electrons.